The average Bonchev–Trinajstić information content (AvgIpc) is 2.02. The Morgan fingerprint density at radius 3 is 2.15 bits per heavy atom. The molecule has 0 heterocycles. The number of unbranched alkanes of at least 4 members (excludes halogenated alkanes) is 2. The molecule has 2 nitrogen and oxygen atoms in total. The minimum Gasteiger partial charge on any atom is -0.327 e. The smallest absolute Gasteiger partial charge is 0.0139 e. The molecule has 0 aliphatic rings. The van der Waals surface area contributed by atoms with Gasteiger partial charge in [0.1, 0.15) is 0 Å². The van der Waals surface area contributed by atoms with E-state index in [4.69, 9.17) is 5.73 Å². The molecule has 0 spiro atoms. The minimum atomic E-state index is 0.295. The molecule has 0 aromatic rings. The summed E-state index contributed by atoms with van der Waals surface area (Å²) in [6.45, 7) is 11.0. The van der Waals surface area contributed by atoms with Crippen molar-refractivity contribution in [2.24, 2.45) is 5.73 Å². The Kier molecular flexibility index (Phi) is 7.29. The number of nitrogens with two attached hydrogens (primary N) is 1. The fourth-order valence-electron chi connectivity index (χ4n) is 1.50. The Labute approximate surface area is 83.5 Å². The van der Waals surface area contributed by atoms with Gasteiger partial charge in [0.25, 0.3) is 0 Å². The molecule has 1 atom stereocenters. The van der Waals surface area contributed by atoms with Crippen molar-refractivity contribution in [3.05, 3.63) is 0 Å². The van der Waals surface area contributed by atoms with Gasteiger partial charge in [0.15, 0.2) is 0 Å². The zero-order valence-corrected chi connectivity index (χ0v) is 9.71. The van der Waals surface area contributed by atoms with E-state index in [2.05, 4.69) is 32.6 Å². The molecule has 0 aromatic carbocycles. The zero-order chi connectivity index (χ0) is 10.3. The molecule has 0 saturated heterocycles. The van der Waals surface area contributed by atoms with Crippen LogP contribution in [-0.4, -0.2) is 30.1 Å². The van der Waals surface area contributed by atoms with E-state index in [1.165, 1.54) is 25.8 Å². The lowest BCUT2D eigenvalue weighted by atomic mass is 10.2. The lowest BCUT2D eigenvalue weighted by Crippen LogP contribution is -2.40. The molecule has 0 amide bonds. The number of nitrogens with zero attached hydrogens (tertiary/aromatic N) is 1. The standard InChI is InChI=1S/C11H26N2/c1-5-6-7-8-13(10(2)3)9-11(4)12/h10-11H,5-9,12H2,1-4H3. The predicted molar refractivity (Wildman–Crippen MR) is 59.9 cm³/mol. The maximum atomic E-state index is 5.79. The van der Waals surface area contributed by atoms with E-state index in [1.54, 1.807) is 0 Å². The number of hydrogen-bond donors (Lipinski definition) is 1. The van der Waals surface area contributed by atoms with Gasteiger partial charge in [0.05, 0.1) is 0 Å². The molecule has 1 unspecified atom stereocenters. The van der Waals surface area contributed by atoms with Crippen molar-refractivity contribution < 1.29 is 0 Å². The number of rotatable bonds is 7. The van der Waals surface area contributed by atoms with Crippen LogP contribution in [0.25, 0.3) is 0 Å². The Morgan fingerprint density at radius 2 is 1.77 bits per heavy atom. The summed E-state index contributed by atoms with van der Waals surface area (Å²) in [5.74, 6) is 0. The molecule has 0 aliphatic carbocycles. The van der Waals surface area contributed by atoms with E-state index in [0.29, 0.717) is 12.1 Å². The SMILES string of the molecule is CCCCCN(CC(C)N)C(C)C. The summed E-state index contributed by atoms with van der Waals surface area (Å²) in [6.07, 6.45) is 3.94. The Morgan fingerprint density at radius 1 is 1.15 bits per heavy atom. The summed E-state index contributed by atoms with van der Waals surface area (Å²) in [6, 6.07) is 0.923. The van der Waals surface area contributed by atoms with Crippen LogP contribution in [0.2, 0.25) is 0 Å². The van der Waals surface area contributed by atoms with Gasteiger partial charge in [0.2, 0.25) is 0 Å². The van der Waals surface area contributed by atoms with Crippen LogP contribution in [0.3, 0.4) is 0 Å². The molecular weight excluding hydrogens is 160 g/mol. The van der Waals surface area contributed by atoms with E-state index >= 15 is 0 Å². The molecule has 0 bridgehead atoms. The van der Waals surface area contributed by atoms with Gasteiger partial charge in [0, 0.05) is 18.6 Å². The second kappa shape index (κ2) is 7.34. The van der Waals surface area contributed by atoms with Crippen molar-refractivity contribution in [2.45, 2.75) is 59.0 Å². The lowest BCUT2D eigenvalue weighted by Gasteiger charge is -2.27. The fraction of sp³-hybridized carbons (Fsp3) is 1.00. The van der Waals surface area contributed by atoms with Gasteiger partial charge in [-0.05, 0) is 33.7 Å². The molecule has 0 saturated carbocycles. The highest BCUT2D eigenvalue weighted by molar-refractivity contribution is 4.67. The van der Waals surface area contributed by atoms with Gasteiger partial charge in [-0.25, -0.2) is 0 Å². The van der Waals surface area contributed by atoms with Crippen molar-refractivity contribution in [1.29, 1.82) is 0 Å². The molecule has 0 fully saturated rings. The van der Waals surface area contributed by atoms with Crippen LogP contribution in [-0.2, 0) is 0 Å². The third kappa shape index (κ3) is 7.03. The fourth-order valence-corrected chi connectivity index (χ4v) is 1.50. The topological polar surface area (TPSA) is 29.3 Å². The summed E-state index contributed by atoms with van der Waals surface area (Å²) >= 11 is 0. The highest BCUT2D eigenvalue weighted by Gasteiger charge is 2.09. The molecular formula is C11H26N2. The van der Waals surface area contributed by atoms with Gasteiger partial charge in [-0.1, -0.05) is 19.8 Å². The van der Waals surface area contributed by atoms with Crippen molar-refractivity contribution >= 4 is 0 Å². The highest BCUT2D eigenvalue weighted by Crippen LogP contribution is 2.03. The maximum absolute atomic E-state index is 5.79. The van der Waals surface area contributed by atoms with Gasteiger partial charge in [-0.15, -0.1) is 0 Å². The van der Waals surface area contributed by atoms with Crippen LogP contribution >= 0.6 is 0 Å². The largest absolute Gasteiger partial charge is 0.327 e. The molecule has 13 heavy (non-hydrogen) atoms. The predicted octanol–water partition coefficient (Wildman–Crippen LogP) is 2.23. The minimum absolute atomic E-state index is 0.295. The van der Waals surface area contributed by atoms with Crippen LogP contribution in [0.4, 0.5) is 0 Å². The van der Waals surface area contributed by atoms with Crippen LogP contribution in [0, 0.1) is 0 Å². The normalized spacial score (nSPS) is 14.1. The Balaban J connectivity index is 3.67. The van der Waals surface area contributed by atoms with Crippen LogP contribution in [0.1, 0.15) is 47.0 Å². The summed E-state index contributed by atoms with van der Waals surface area (Å²) < 4.78 is 0. The molecule has 0 radical (unpaired) electrons. The van der Waals surface area contributed by atoms with E-state index < -0.39 is 0 Å². The van der Waals surface area contributed by atoms with Crippen molar-refractivity contribution in [2.75, 3.05) is 13.1 Å². The quantitative estimate of drug-likeness (QED) is 0.618. The zero-order valence-electron chi connectivity index (χ0n) is 9.71. The average molecular weight is 186 g/mol. The molecule has 80 valence electrons. The molecule has 0 aromatic heterocycles. The van der Waals surface area contributed by atoms with E-state index in [1.807, 2.05) is 0 Å². The first-order valence-corrected chi connectivity index (χ1v) is 5.57. The second-order valence-electron chi connectivity index (χ2n) is 4.27. The third-order valence-electron chi connectivity index (χ3n) is 2.30. The first kappa shape index (κ1) is 12.9. The second-order valence-corrected chi connectivity index (χ2v) is 4.27. The Hall–Kier alpha value is -0.0800. The maximum Gasteiger partial charge on any atom is 0.0139 e. The monoisotopic (exact) mass is 186 g/mol. The van der Waals surface area contributed by atoms with Crippen molar-refractivity contribution in [3.63, 3.8) is 0 Å². The first-order chi connectivity index (χ1) is 6.07. The summed E-state index contributed by atoms with van der Waals surface area (Å²) in [5, 5.41) is 0. The summed E-state index contributed by atoms with van der Waals surface area (Å²) in [5.41, 5.74) is 5.79. The summed E-state index contributed by atoms with van der Waals surface area (Å²) in [4.78, 5) is 2.47. The van der Waals surface area contributed by atoms with Gasteiger partial charge < -0.3 is 5.73 Å². The highest BCUT2D eigenvalue weighted by atomic mass is 15.2. The van der Waals surface area contributed by atoms with Gasteiger partial charge in [-0.3, -0.25) is 4.90 Å². The van der Waals surface area contributed by atoms with E-state index in [9.17, 15) is 0 Å². The molecule has 0 rings (SSSR count). The molecule has 2 heteroatoms. The van der Waals surface area contributed by atoms with Gasteiger partial charge >= 0.3 is 0 Å². The van der Waals surface area contributed by atoms with Gasteiger partial charge in [-0.2, -0.15) is 0 Å². The van der Waals surface area contributed by atoms with Crippen molar-refractivity contribution in [1.82, 2.24) is 4.90 Å². The van der Waals surface area contributed by atoms with E-state index in [0.717, 1.165) is 6.54 Å². The molecule has 0 aliphatic heterocycles. The van der Waals surface area contributed by atoms with Crippen molar-refractivity contribution in [3.8, 4) is 0 Å². The number of hydrogen-bond acceptors (Lipinski definition) is 2. The van der Waals surface area contributed by atoms with E-state index in [-0.39, 0.29) is 0 Å². The van der Waals surface area contributed by atoms with Crippen LogP contribution in [0.5, 0.6) is 0 Å². The lowest BCUT2D eigenvalue weighted by molar-refractivity contribution is 0.207. The third-order valence-corrected chi connectivity index (χ3v) is 2.30. The van der Waals surface area contributed by atoms with Crippen LogP contribution in [0.15, 0.2) is 0 Å². The first-order valence-electron chi connectivity index (χ1n) is 5.57. The Bertz CT molecular complexity index is 111. The summed E-state index contributed by atoms with van der Waals surface area (Å²) in [7, 11) is 0. The molecule has 2 N–H and O–H groups in total. The van der Waals surface area contributed by atoms with Crippen LogP contribution < -0.4 is 5.73 Å².